The van der Waals surface area contributed by atoms with Crippen molar-refractivity contribution in [3.8, 4) is 5.69 Å². The van der Waals surface area contributed by atoms with Crippen LogP contribution in [0.3, 0.4) is 0 Å². The van der Waals surface area contributed by atoms with E-state index in [9.17, 15) is 22.4 Å². The summed E-state index contributed by atoms with van der Waals surface area (Å²) >= 11 is 0. The number of rotatable bonds is 5. The fraction of sp³-hybridized carbons (Fsp3) is 0.391. The van der Waals surface area contributed by atoms with Gasteiger partial charge < -0.3 is 10.2 Å². The summed E-state index contributed by atoms with van der Waals surface area (Å²) in [4.78, 5) is 20.6. The van der Waals surface area contributed by atoms with Gasteiger partial charge in [-0.2, -0.15) is 28.2 Å². The molecule has 4 rings (SSSR count). The fourth-order valence-corrected chi connectivity index (χ4v) is 4.28. The monoisotopic (exact) mass is 476 g/mol. The molecule has 2 aromatic heterocycles. The van der Waals surface area contributed by atoms with Crippen LogP contribution in [0.4, 0.5) is 23.4 Å². The van der Waals surface area contributed by atoms with Gasteiger partial charge in [0.15, 0.2) is 0 Å². The zero-order valence-corrected chi connectivity index (χ0v) is 18.7. The lowest BCUT2D eigenvalue weighted by molar-refractivity contribution is -0.137. The minimum Gasteiger partial charge on any atom is -0.368 e. The van der Waals surface area contributed by atoms with Crippen LogP contribution in [0.5, 0.6) is 0 Å². The fourth-order valence-electron chi connectivity index (χ4n) is 4.28. The first-order valence-electron chi connectivity index (χ1n) is 10.9. The molecule has 11 heteroatoms. The van der Waals surface area contributed by atoms with Crippen LogP contribution in [-0.4, -0.2) is 49.9 Å². The van der Waals surface area contributed by atoms with Crippen molar-refractivity contribution >= 4 is 11.7 Å². The molecular weight excluding hydrogens is 452 g/mol. The molecule has 0 aliphatic carbocycles. The summed E-state index contributed by atoms with van der Waals surface area (Å²) in [5, 5.41) is 11.2. The van der Waals surface area contributed by atoms with Crippen molar-refractivity contribution < 1.29 is 22.4 Å². The molecule has 1 fully saturated rings. The molecule has 2 unspecified atom stereocenters. The summed E-state index contributed by atoms with van der Waals surface area (Å²) in [7, 11) is 0. The van der Waals surface area contributed by atoms with E-state index in [1.165, 1.54) is 35.4 Å². The molecule has 180 valence electrons. The average Bonchev–Trinajstić information content (AvgIpc) is 3.34. The molecule has 1 aliphatic heterocycles. The van der Waals surface area contributed by atoms with Crippen molar-refractivity contribution in [1.82, 2.24) is 24.9 Å². The third kappa shape index (κ3) is 4.73. The second-order valence-electron chi connectivity index (χ2n) is 8.38. The Kier molecular flexibility index (Phi) is 6.54. The number of likely N-dealkylation sites (tertiary alicyclic amines) is 1. The highest BCUT2D eigenvalue weighted by Crippen LogP contribution is 2.30. The van der Waals surface area contributed by atoms with E-state index in [1.54, 1.807) is 11.8 Å². The van der Waals surface area contributed by atoms with Crippen molar-refractivity contribution in [2.45, 2.75) is 38.9 Å². The van der Waals surface area contributed by atoms with Crippen molar-refractivity contribution in [2.75, 3.05) is 18.4 Å². The van der Waals surface area contributed by atoms with Crippen LogP contribution in [0.1, 0.15) is 41.3 Å². The Bertz CT molecular complexity index is 1150. The molecule has 1 aromatic carbocycles. The molecule has 7 nitrogen and oxygen atoms in total. The van der Waals surface area contributed by atoms with Gasteiger partial charge >= 0.3 is 6.18 Å². The number of amides is 1. The number of halogens is 4. The first-order valence-corrected chi connectivity index (χ1v) is 10.9. The van der Waals surface area contributed by atoms with E-state index >= 15 is 0 Å². The molecule has 0 saturated carbocycles. The minimum absolute atomic E-state index is 0.111. The highest BCUT2D eigenvalue weighted by molar-refractivity contribution is 5.99. The maximum absolute atomic E-state index is 14.5. The SMILES string of the molecule is Cc1c(F)ccc(-n2nccn2)c1C(=O)N1CCCC(C)C1CNc1ccc(C(F)(F)F)cn1. The van der Waals surface area contributed by atoms with Gasteiger partial charge in [-0.05, 0) is 55.5 Å². The maximum atomic E-state index is 14.5. The average molecular weight is 476 g/mol. The summed E-state index contributed by atoms with van der Waals surface area (Å²) < 4.78 is 52.9. The number of carbonyl (C=O) groups excluding carboxylic acids is 1. The predicted octanol–water partition coefficient (Wildman–Crippen LogP) is 4.48. The maximum Gasteiger partial charge on any atom is 0.417 e. The van der Waals surface area contributed by atoms with Gasteiger partial charge in [-0.1, -0.05) is 6.92 Å². The quantitative estimate of drug-likeness (QED) is 0.550. The lowest BCUT2D eigenvalue weighted by Crippen LogP contribution is -2.51. The van der Waals surface area contributed by atoms with E-state index in [1.807, 2.05) is 6.92 Å². The molecule has 3 aromatic rings. The van der Waals surface area contributed by atoms with E-state index in [4.69, 9.17) is 0 Å². The number of nitrogens with one attached hydrogen (secondary N) is 1. The Hall–Kier alpha value is -3.50. The second-order valence-corrected chi connectivity index (χ2v) is 8.38. The van der Waals surface area contributed by atoms with E-state index in [2.05, 4.69) is 20.5 Å². The Morgan fingerprint density at radius 3 is 2.56 bits per heavy atom. The lowest BCUT2D eigenvalue weighted by atomic mass is 9.89. The Labute approximate surface area is 193 Å². The summed E-state index contributed by atoms with van der Waals surface area (Å²) in [6, 6.07) is 4.70. The van der Waals surface area contributed by atoms with Crippen LogP contribution >= 0.6 is 0 Å². The van der Waals surface area contributed by atoms with Crippen molar-refractivity contribution in [2.24, 2.45) is 5.92 Å². The number of piperidine rings is 1. The first kappa shape index (κ1) is 23.7. The zero-order valence-electron chi connectivity index (χ0n) is 18.7. The lowest BCUT2D eigenvalue weighted by Gasteiger charge is -2.40. The van der Waals surface area contributed by atoms with E-state index in [-0.39, 0.29) is 41.4 Å². The highest BCUT2D eigenvalue weighted by atomic mass is 19.4. The topological polar surface area (TPSA) is 75.9 Å². The molecular formula is C23H24F4N6O. The molecule has 0 bridgehead atoms. The number of anilines is 1. The van der Waals surface area contributed by atoms with Gasteiger partial charge in [0, 0.05) is 19.3 Å². The molecule has 2 atom stereocenters. The highest BCUT2D eigenvalue weighted by Gasteiger charge is 2.35. The molecule has 1 saturated heterocycles. The van der Waals surface area contributed by atoms with E-state index < -0.39 is 17.6 Å². The number of nitrogens with zero attached hydrogens (tertiary/aromatic N) is 5. The van der Waals surface area contributed by atoms with Crippen LogP contribution in [0.15, 0.2) is 42.9 Å². The molecule has 3 heterocycles. The zero-order chi connectivity index (χ0) is 24.5. The van der Waals surface area contributed by atoms with E-state index in [0.29, 0.717) is 12.2 Å². The van der Waals surface area contributed by atoms with Gasteiger partial charge in [0.2, 0.25) is 0 Å². The van der Waals surface area contributed by atoms with E-state index in [0.717, 1.165) is 25.1 Å². The second kappa shape index (κ2) is 9.40. The van der Waals surface area contributed by atoms with Crippen molar-refractivity contribution in [3.63, 3.8) is 0 Å². The number of pyridine rings is 1. The summed E-state index contributed by atoms with van der Waals surface area (Å²) in [6.07, 6.45) is 0.920. The largest absolute Gasteiger partial charge is 0.417 e. The van der Waals surface area contributed by atoms with Crippen LogP contribution in [0.25, 0.3) is 5.69 Å². The number of benzene rings is 1. The Balaban J connectivity index is 1.59. The van der Waals surface area contributed by atoms with Crippen LogP contribution in [-0.2, 0) is 6.18 Å². The summed E-state index contributed by atoms with van der Waals surface area (Å²) in [5.74, 6) is -0.461. The minimum atomic E-state index is -4.46. The normalized spacial score (nSPS) is 18.7. The summed E-state index contributed by atoms with van der Waals surface area (Å²) in [6.45, 7) is 4.32. The van der Waals surface area contributed by atoms with Gasteiger partial charge in [-0.3, -0.25) is 4.79 Å². The van der Waals surface area contributed by atoms with Crippen molar-refractivity contribution in [3.05, 3.63) is 65.4 Å². The Morgan fingerprint density at radius 1 is 1.18 bits per heavy atom. The number of aromatic nitrogens is 4. The molecule has 1 N–H and O–H groups in total. The number of alkyl halides is 3. The van der Waals surface area contributed by atoms with Gasteiger partial charge in [0.05, 0.1) is 35.2 Å². The summed E-state index contributed by atoms with van der Waals surface area (Å²) in [5.41, 5.74) is -0.0671. The molecule has 34 heavy (non-hydrogen) atoms. The van der Waals surface area contributed by atoms with Crippen LogP contribution in [0, 0.1) is 18.7 Å². The van der Waals surface area contributed by atoms with Crippen molar-refractivity contribution in [1.29, 1.82) is 0 Å². The Morgan fingerprint density at radius 2 is 1.91 bits per heavy atom. The molecule has 0 radical (unpaired) electrons. The number of carbonyl (C=O) groups is 1. The number of hydrogen-bond acceptors (Lipinski definition) is 5. The molecule has 1 amide bonds. The van der Waals surface area contributed by atoms with Gasteiger partial charge in [0.25, 0.3) is 5.91 Å². The number of hydrogen-bond donors (Lipinski definition) is 1. The van der Waals surface area contributed by atoms with Crippen LogP contribution < -0.4 is 5.32 Å². The smallest absolute Gasteiger partial charge is 0.368 e. The first-order chi connectivity index (χ1) is 16.2. The predicted molar refractivity (Wildman–Crippen MR) is 117 cm³/mol. The third-order valence-electron chi connectivity index (χ3n) is 6.18. The van der Waals surface area contributed by atoms with Gasteiger partial charge in [0.1, 0.15) is 11.6 Å². The van der Waals surface area contributed by atoms with Gasteiger partial charge in [-0.15, -0.1) is 0 Å². The molecule has 0 spiro atoms. The molecule has 1 aliphatic rings. The standard InChI is InChI=1S/C23H24F4N6O/c1-14-4-3-11-32(19(14)13-29-20-8-5-16(12-28-20)23(25,26)27)22(34)21-15(2)17(24)6-7-18(21)33-30-9-10-31-33/h5-10,12,14,19H,3-4,11,13H2,1-2H3,(H,28,29). The van der Waals surface area contributed by atoms with Gasteiger partial charge in [-0.25, -0.2) is 9.37 Å². The van der Waals surface area contributed by atoms with Crippen LogP contribution in [0.2, 0.25) is 0 Å². The third-order valence-corrected chi connectivity index (χ3v) is 6.18.